The molecule has 0 spiro atoms. The summed E-state index contributed by atoms with van der Waals surface area (Å²) in [5.74, 6) is -2.20. The van der Waals surface area contributed by atoms with E-state index in [1.165, 1.54) is 6.92 Å². The van der Waals surface area contributed by atoms with Gasteiger partial charge in [-0.3, -0.25) is 4.79 Å². The second kappa shape index (κ2) is 8.03. The van der Waals surface area contributed by atoms with E-state index in [9.17, 15) is 14.4 Å². The number of aryl methyl sites for hydroxylation is 1. The Morgan fingerprint density at radius 3 is 2.27 bits per heavy atom. The van der Waals surface area contributed by atoms with Gasteiger partial charge in [0, 0.05) is 30.4 Å². The Hall–Kier alpha value is -2.83. The predicted octanol–water partition coefficient (Wildman–Crippen LogP) is 2.02. The summed E-state index contributed by atoms with van der Waals surface area (Å²) in [6.45, 7) is 6.62. The van der Waals surface area contributed by atoms with Gasteiger partial charge in [-0.25, -0.2) is 9.59 Å². The summed E-state index contributed by atoms with van der Waals surface area (Å²) < 4.78 is 10.2. The topological polar surface area (TPSA) is 97.5 Å². The van der Waals surface area contributed by atoms with E-state index in [1.807, 2.05) is 25.1 Å². The molecule has 0 aliphatic rings. The number of hydrogen-bond acceptors (Lipinski definition) is 5. The molecular weight excluding hydrogens is 336 g/mol. The first-order valence-electron chi connectivity index (χ1n) is 8.53. The molecule has 0 saturated carbocycles. The van der Waals surface area contributed by atoms with Gasteiger partial charge in [0.2, 0.25) is 11.4 Å². The highest BCUT2D eigenvalue weighted by Crippen LogP contribution is 2.26. The fourth-order valence-corrected chi connectivity index (χ4v) is 2.91. The lowest BCUT2D eigenvalue weighted by Crippen LogP contribution is -2.62. The van der Waals surface area contributed by atoms with Gasteiger partial charge in [-0.15, -0.1) is 0 Å². The Kier molecular flexibility index (Phi) is 6.02. The van der Waals surface area contributed by atoms with Gasteiger partial charge in [0.05, 0.1) is 13.2 Å². The number of fused-ring (bicyclic) bond motifs is 1. The van der Waals surface area contributed by atoms with E-state index in [0.717, 1.165) is 16.5 Å². The van der Waals surface area contributed by atoms with Crippen LogP contribution in [0.25, 0.3) is 10.9 Å². The second-order valence-corrected chi connectivity index (χ2v) is 6.07. The third kappa shape index (κ3) is 3.87. The zero-order valence-electron chi connectivity index (χ0n) is 15.5. The summed E-state index contributed by atoms with van der Waals surface area (Å²) in [5.41, 5.74) is 0.681. The molecule has 0 aliphatic carbocycles. The molecule has 0 unspecified atom stereocenters. The Morgan fingerprint density at radius 2 is 1.73 bits per heavy atom. The van der Waals surface area contributed by atoms with Crippen molar-refractivity contribution in [3.05, 3.63) is 35.5 Å². The van der Waals surface area contributed by atoms with Crippen LogP contribution < -0.4 is 5.32 Å². The molecule has 0 saturated heterocycles. The molecular formula is C19H24N2O5. The van der Waals surface area contributed by atoms with Gasteiger partial charge in [0.1, 0.15) is 0 Å². The predicted molar refractivity (Wildman–Crippen MR) is 96.6 cm³/mol. The third-order valence-corrected chi connectivity index (χ3v) is 4.02. The van der Waals surface area contributed by atoms with Crippen molar-refractivity contribution in [3.63, 3.8) is 0 Å². The van der Waals surface area contributed by atoms with E-state index in [4.69, 9.17) is 9.47 Å². The number of nitrogens with one attached hydrogen (secondary N) is 2. The van der Waals surface area contributed by atoms with Crippen LogP contribution in [0.15, 0.2) is 24.4 Å². The molecule has 2 rings (SSSR count). The summed E-state index contributed by atoms with van der Waals surface area (Å²) in [6.07, 6.45) is 1.65. The number of amides is 1. The van der Waals surface area contributed by atoms with Gasteiger partial charge in [0.25, 0.3) is 0 Å². The lowest BCUT2D eigenvalue weighted by molar-refractivity contribution is -0.167. The Labute approximate surface area is 152 Å². The van der Waals surface area contributed by atoms with Gasteiger partial charge in [-0.05, 0) is 38.5 Å². The van der Waals surface area contributed by atoms with Crippen molar-refractivity contribution < 1.29 is 23.9 Å². The van der Waals surface area contributed by atoms with E-state index in [-0.39, 0.29) is 19.6 Å². The van der Waals surface area contributed by atoms with Crippen molar-refractivity contribution >= 4 is 28.7 Å². The Balaban J connectivity index is 2.56. The van der Waals surface area contributed by atoms with Crippen LogP contribution in [-0.2, 0) is 30.3 Å². The van der Waals surface area contributed by atoms with Crippen molar-refractivity contribution in [2.45, 2.75) is 39.7 Å². The average Bonchev–Trinajstić information content (AvgIpc) is 2.96. The maximum Gasteiger partial charge on any atom is 0.344 e. The van der Waals surface area contributed by atoms with E-state index < -0.39 is 23.4 Å². The number of carbonyl (C=O) groups excluding carboxylic acids is 3. The van der Waals surface area contributed by atoms with Crippen molar-refractivity contribution in [1.82, 2.24) is 10.3 Å². The van der Waals surface area contributed by atoms with Gasteiger partial charge >= 0.3 is 11.9 Å². The van der Waals surface area contributed by atoms with Gasteiger partial charge in [-0.2, -0.15) is 0 Å². The lowest BCUT2D eigenvalue weighted by atomic mass is 9.90. The molecule has 7 nitrogen and oxygen atoms in total. The number of aromatic amines is 1. The van der Waals surface area contributed by atoms with Crippen LogP contribution in [0.3, 0.4) is 0 Å². The molecule has 0 fully saturated rings. The molecule has 2 N–H and O–H groups in total. The summed E-state index contributed by atoms with van der Waals surface area (Å²) in [6, 6.07) is 5.83. The number of hydrogen-bond donors (Lipinski definition) is 2. The number of carbonyl (C=O) groups is 3. The highest BCUT2D eigenvalue weighted by Gasteiger charge is 2.50. The SMILES string of the molecule is CCOC(=O)C(Cc1c[nH]c2ccc(C)cc12)(NC(C)=O)C(=O)OCC. The fourth-order valence-electron chi connectivity index (χ4n) is 2.91. The summed E-state index contributed by atoms with van der Waals surface area (Å²) in [5, 5.41) is 3.35. The number of H-pyrrole nitrogens is 1. The average molecular weight is 360 g/mol. The van der Waals surface area contributed by atoms with Crippen molar-refractivity contribution in [2.24, 2.45) is 0 Å². The number of ether oxygens (including phenoxy) is 2. The highest BCUT2D eigenvalue weighted by atomic mass is 16.6. The minimum Gasteiger partial charge on any atom is -0.464 e. The maximum absolute atomic E-state index is 12.7. The zero-order valence-corrected chi connectivity index (χ0v) is 15.5. The smallest absolute Gasteiger partial charge is 0.344 e. The van der Waals surface area contributed by atoms with E-state index in [2.05, 4.69) is 10.3 Å². The molecule has 0 aliphatic heterocycles. The maximum atomic E-state index is 12.7. The molecule has 1 heterocycles. The Bertz CT molecular complexity index is 806. The van der Waals surface area contributed by atoms with Crippen molar-refractivity contribution in [1.29, 1.82) is 0 Å². The minimum absolute atomic E-state index is 0.0757. The minimum atomic E-state index is -1.93. The molecule has 0 atom stereocenters. The number of aromatic nitrogens is 1. The van der Waals surface area contributed by atoms with Crippen LogP contribution in [0.4, 0.5) is 0 Å². The molecule has 0 radical (unpaired) electrons. The normalized spacial score (nSPS) is 11.2. The number of benzene rings is 1. The van der Waals surface area contributed by atoms with Gasteiger partial charge in [0.15, 0.2) is 0 Å². The lowest BCUT2D eigenvalue weighted by Gasteiger charge is -2.29. The van der Waals surface area contributed by atoms with Crippen LogP contribution in [0.5, 0.6) is 0 Å². The third-order valence-electron chi connectivity index (χ3n) is 4.02. The van der Waals surface area contributed by atoms with Gasteiger partial charge in [-0.1, -0.05) is 11.6 Å². The number of esters is 2. The molecule has 1 aromatic heterocycles. The molecule has 7 heteroatoms. The number of rotatable bonds is 7. The first kappa shape index (κ1) is 19.5. The second-order valence-electron chi connectivity index (χ2n) is 6.07. The molecule has 140 valence electrons. The fraction of sp³-hybridized carbons (Fsp3) is 0.421. The van der Waals surface area contributed by atoms with Crippen LogP contribution in [0, 0.1) is 6.92 Å². The summed E-state index contributed by atoms with van der Waals surface area (Å²) in [7, 11) is 0. The van der Waals surface area contributed by atoms with E-state index in [1.54, 1.807) is 20.0 Å². The van der Waals surface area contributed by atoms with E-state index >= 15 is 0 Å². The molecule has 1 amide bonds. The molecule has 0 bridgehead atoms. The quantitative estimate of drug-likeness (QED) is 0.581. The standard InChI is InChI=1S/C19H24N2O5/c1-5-25-17(23)19(21-13(4)22,18(24)26-6-2)10-14-11-20-16-8-7-12(3)9-15(14)16/h7-9,11,20H,5-6,10H2,1-4H3,(H,21,22). The molecule has 2 aromatic rings. The van der Waals surface area contributed by atoms with Gasteiger partial charge < -0.3 is 19.8 Å². The van der Waals surface area contributed by atoms with Crippen LogP contribution in [0.2, 0.25) is 0 Å². The Morgan fingerprint density at radius 1 is 1.12 bits per heavy atom. The molecule has 1 aromatic carbocycles. The van der Waals surface area contributed by atoms with Crippen LogP contribution in [0.1, 0.15) is 31.9 Å². The first-order valence-corrected chi connectivity index (χ1v) is 8.53. The van der Waals surface area contributed by atoms with Crippen LogP contribution in [-0.4, -0.2) is 41.6 Å². The van der Waals surface area contributed by atoms with Crippen molar-refractivity contribution in [2.75, 3.05) is 13.2 Å². The highest BCUT2D eigenvalue weighted by molar-refractivity contribution is 6.08. The largest absolute Gasteiger partial charge is 0.464 e. The zero-order chi connectivity index (χ0) is 19.3. The monoisotopic (exact) mass is 360 g/mol. The first-order chi connectivity index (χ1) is 12.3. The van der Waals surface area contributed by atoms with E-state index in [0.29, 0.717) is 5.56 Å². The van der Waals surface area contributed by atoms with Crippen molar-refractivity contribution in [3.8, 4) is 0 Å². The summed E-state index contributed by atoms with van der Waals surface area (Å²) >= 11 is 0. The summed E-state index contributed by atoms with van der Waals surface area (Å²) in [4.78, 5) is 40.3. The molecule has 26 heavy (non-hydrogen) atoms. The van der Waals surface area contributed by atoms with Crippen LogP contribution >= 0.6 is 0 Å².